The van der Waals surface area contributed by atoms with E-state index in [-0.39, 0.29) is 6.29 Å². The average molecular weight is 415 g/mol. The van der Waals surface area contributed by atoms with Crippen LogP contribution in [-0.2, 0) is 4.74 Å². The molecule has 0 aliphatic rings. The van der Waals surface area contributed by atoms with Gasteiger partial charge in [0.1, 0.15) is 18.1 Å². The maximum absolute atomic E-state index is 6.14. The summed E-state index contributed by atoms with van der Waals surface area (Å²) in [7, 11) is 0. The van der Waals surface area contributed by atoms with Crippen LogP contribution in [0.3, 0.4) is 0 Å². The van der Waals surface area contributed by atoms with Crippen LogP contribution in [0.25, 0.3) is 21.5 Å². The van der Waals surface area contributed by atoms with Gasteiger partial charge in [0.15, 0.2) is 6.29 Å². The zero-order valence-electron chi connectivity index (χ0n) is 18.5. The molecule has 4 aromatic carbocycles. The van der Waals surface area contributed by atoms with Crippen molar-refractivity contribution in [2.45, 2.75) is 39.4 Å². The third-order valence-corrected chi connectivity index (χ3v) is 5.80. The normalized spacial score (nSPS) is 13.3. The minimum Gasteiger partial charge on any atom is -0.491 e. The molecule has 2 unspecified atom stereocenters. The van der Waals surface area contributed by atoms with Crippen molar-refractivity contribution in [1.82, 2.24) is 0 Å². The van der Waals surface area contributed by atoms with Crippen molar-refractivity contribution in [1.29, 1.82) is 0 Å². The largest absolute Gasteiger partial charge is 0.491 e. The first-order chi connectivity index (χ1) is 15.2. The summed E-state index contributed by atoms with van der Waals surface area (Å²) in [4.78, 5) is 0. The summed E-state index contributed by atoms with van der Waals surface area (Å²) in [5.41, 5.74) is 1.36. The molecule has 2 atom stereocenters. The summed E-state index contributed by atoms with van der Waals surface area (Å²) in [6.07, 6.45) is 0.745. The van der Waals surface area contributed by atoms with E-state index in [1.54, 1.807) is 0 Å². The van der Waals surface area contributed by atoms with E-state index in [2.05, 4.69) is 62.4 Å². The standard InChI is InChI=1S/C28H30O3/c1-4-20(2)23-13-8-15-26-25(23)14-9-17-28(26)31-21(3)29-18-19-30-27-16-7-11-22-10-5-6-12-24(22)27/h5-17,20-21H,4,18-19H2,1-3H3. The Balaban J connectivity index is 1.37. The summed E-state index contributed by atoms with van der Waals surface area (Å²) >= 11 is 0. The van der Waals surface area contributed by atoms with Crippen molar-refractivity contribution in [3.8, 4) is 11.5 Å². The number of ether oxygens (including phenoxy) is 3. The fourth-order valence-corrected chi connectivity index (χ4v) is 3.96. The van der Waals surface area contributed by atoms with E-state index in [1.807, 2.05) is 37.3 Å². The van der Waals surface area contributed by atoms with Gasteiger partial charge in [0.25, 0.3) is 0 Å². The molecule has 160 valence electrons. The molecule has 0 fully saturated rings. The molecule has 0 spiro atoms. The summed E-state index contributed by atoms with van der Waals surface area (Å²) in [6, 6.07) is 27.0. The highest BCUT2D eigenvalue weighted by Gasteiger charge is 2.12. The van der Waals surface area contributed by atoms with Crippen molar-refractivity contribution in [2.75, 3.05) is 13.2 Å². The van der Waals surface area contributed by atoms with Crippen LogP contribution in [-0.4, -0.2) is 19.5 Å². The lowest BCUT2D eigenvalue weighted by molar-refractivity contribution is -0.0730. The summed E-state index contributed by atoms with van der Waals surface area (Å²) in [5.74, 6) is 2.24. The second-order valence-corrected chi connectivity index (χ2v) is 7.89. The summed E-state index contributed by atoms with van der Waals surface area (Å²) < 4.78 is 18.0. The molecular formula is C28H30O3. The Bertz CT molecular complexity index is 1150. The number of hydrogen-bond donors (Lipinski definition) is 0. The predicted molar refractivity (Wildman–Crippen MR) is 128 cm³/mol. The van der Waals surface area contributed by atoms with Gasteiger partial charge in [-0.2, -0.15) is 0 Å². The van der Waals surface area contributed by atoms with Crippen LogP contribution in [0.4, 0.5) is 0 Å². The summed E-state index contributed by atoms with van der Waals surface area (Å²) in [5, 5.41) is 4.66. The van der Waals surface area contributed by atoms with Gasteiger partial charge >= 0.3 is 0 Å². The minimum atomic E-state index is -0.367. The van der Waals surface area contributed by atoms with Crippen molar-refractivity contribution in [2.24, 2.45) is 0 Å². The quantitative estimate of drug-likeness (QED) is 0.212. The van der Waals surface area contributed by atoms with Crippen molar-refractivity contribution < 1.29 is 14.2 Å². The second kappa shape index (κ2) is 9.84. The molecule has 4 aromatic rings. The molecule has 0 aliphatic carbocycles. The highest BCUT2D eigenvalue weighted by Crippen LogP contribution is 2.33. The van der Waals surface area contributed by atoms with Gasteiger partial charge in [-0.15, -0.1) is 0 Å². The van der Waals surface area contributed by atoms with Crippen LogP contribution < -0.4 is 9.47 Å². The third kappa shape index (κ3) is 4.83. The zero-order valence-corrected chi connectivity index (χ0v) is 18.5. The van der Waals surface area contributed by atoms with E-state index < -0.39 is 0 Å². The Morgan fingerprint density at radius 3 is 2.23 bits per heavy atom. The third-order valence-electron chi connectivity index (χ3n) is 5.80. The molecule has 0 aliphatic heterocycles. The van der Waals surface area contributed by atoms with Crippen molar-refractivity contribution in [3.05, 3.63) is 84.4 Å². The molecular weight excluding hydrogens is 384 g/mol. The van der Waals surface area contributed by atoms with Crippen LogP contribution in [0.1, 0.15) is 38.7 Å². The number of rotatable bonds is 9. The Kier molecular flexibility index (Phi) is 6.73. The van der Waals surface area contributed by atoms with Crippen LogP contribution in [0, 0.1) is 0 Å². The molecule has 0 aromatic heterocycles. The Hall–Kier alpha value is -3.04. The number of fused-ring (bicyclic) bond motifs is 2. The van der Waals surface area contributed by atoms with Crippen LogP contribution in [0.5, 0.6) is 11.5 Å². The van der Waals surface area contributed by atoms with Crippen LogP contribution >= 0.6 is 0 Å². The van der Waals surface area contributed by atoms with E-state index in [9.17, 15) is 0 Å². The second-order valence-electron chi connectivity index (χ2n) is 7.89. The van der Waals surface area contributed by atoms with Crippen LogP contribution in [0.2, 0.25) is 0 Å². The molecule has 3 nitrogen and oxygen atoms in total. The molecule has 0 heterocycles. The Labute approximate surface area is 184 Å². The molecule has 3 heteroatoms. The maximum Gasteiger partial charge on any atom is 0.197 e. The highest BCUT2D eigenvalue weighted by molar-refractivity contribution is 5.91. The van der Waals surface area contributed by atoms with E-state index in [0.29, 0.717) is 19.1 Å². The van der Waals surface area contributed by atoms with Crippen LogP contribution in [0.15, 0.2) is 78.9 Å². The summed E-state index contributed by atoms with van der Waals surface area (Å²) in [6.45, 7) is 7.34. The molecule has 0 saturated carbocycles. The fourth-order valence-electron chi connectivity index (χ4n) is 3.96. The SMILES string of the molecule is CCC(C)c1cccc2c(OC(C)OCCOc3cccc4ccccc34)cccc12. The molecule has 0 saturated heterocycles. The van der Waals surface area contributed by atoms with Gasteiger partial charge in [-0.1, -0.05) is 80.6 Å². The minimum absolute atomic E-state index is 0.367. The molecule has 0 N–H and O–H groups in total. The van der Waals surface area contributed by atoms with E-state index in [0.717, 1.165) is 28.7 Å². The van der Waals surface area contributed by atoms with Gasteiger partial charge in [-0.25, -0.2) is 0 Å². The van der Waals surface area contributed by atoms with Crippen molar-refractivity contribution >= 4 is 21.5 Å². The Morgan fingerprint density at radius 1 is 0.677 bits per heavy atom. The van der Waals surface area contributed by atoms with Gasteiger partial charge in [0.05, 0.1) is 6.61 Å². The average Bonchev–Trinajstić information content (AvgIpc) is 2.81. The topological polar surface area (TPSA) is 27.7 Å². The van der Waals surface area contributed by atoms with E-state index in [1.165, 1.54) is 16.3 Å². The van der Waals surface area contributed by atoms with Gasteiger partial charge in [0, 0.05) is 10.8 Å². The number of benzene rings is 4. The zero-order chi connectivity index (χ0) is 21.6. The molecule has 0 bridgehead atoms. The lowest BCUT2D eigenvalue weighted by Gasteiger charge is -2.19. The van der Waals surface area contributed by atoms with Gasteiger partial charge < -0.3 is 14.2 Å². The first-order valence-electron chi connectivity index (χ1n) is 11.1. The lowest BCUT2D eigenvalue weighted by Crippen LogP contribution is -2.20. The first-order valence-corrected chi connectivity index (χ1v) is 11.1. The predicted octanol–water partition coefficient (Wildman–Crippen LogP) is 7.33. The van der Waals surface area contributed by atoms with Gasteiger partial charge in [-0.05, 0) is 47.7 Å². The first kappa shape index (κ1) is 21.2. The van der Waals surface area contributed by atoms with E-state index in [4.69, 9.17) is 14.2 Å². The van der Waals surface area contributed by atoms with Crippen molar-refractivity contribution in [3.63, 3.8) is 0 Å². The number of hydrogen-bond acceptors (Lipinski definition) is 3. The lowest BCUT2D eigenvalue weighted by atomic mass is 9.93. The fraction of sp³-hybridized carbons (Fsp3) is 0.286. The monoisotopic (exact) mass is 414 g/mol. The molecule has 0 radical (unpaired) electrons. The highest BCUT2D eigenvalue weighted by atomic mass is 16.7. The smallest absolute Gasteiger partial charge is 0.197 e. The molecule has 31 heavy (non-hydrogen) atoms. The molecule has 0 amide bonds. The molecule has 4 rings (SSSR count). The van der Waals surface area contributed by atoms with Gasteiger partial charge in [-0.3, -0.25) is 0 Å². The van der Waals surface area contributed by atoms with E-state index >= 15 is 0 Å². The maximum atomic E-state index is 6.14. The Morgan fingerprint density at radius 2 is 1.35 bits per heavy atom. The van der Waals surface area contributed by atoms with Gasteiger partial charge in [0.2, 0.25) is 0 Å².